The minimum Gasteiger partial charge on any atom is -0.467 e. The minimum absolute atomic E-state index is 0.163. The fraction of sp³-hybridized carbons (Fsp3) is 0.471. The maximum atomic E-state index is 12.0. The van der Waals surface area contributed by atoms with Gasteiger partial charge < -0.3 is 20.1 Å². The number of hydrogen-bond donors (Lipinski definition) is 2. The van der Waals surface area contributed by atoms with E-state index >= 15 is 0 Å². The first kappa shape index (κ1) is 19.9. The molecule has 0 bridgehead atoms. The lowest BCUT2D eigenvalue weighted by Crippen LogP contribution is -2.60. The van der Waals surface area contributed by atoms with Crippen LogP contribution in [-0.2, 0) is 20.9 Å². The molecule has 24 heavy (non-hydrogen) atoms. The lowest BCUT2D eigenvalue weighted by molar-refractivity contribution is -0.146. The highest BCUT2D eigenvalue weighted by Crippen LogP contribution is 2.12. The van der Waals surface area contributed by atoms with Crippen LogP contribution in [0.5, 0.6) is 0 Å². The number of alkyl carbamates (subject to hydrolysis) is 1. The smallest absolute Gasteiger partial charge is 0.408 e. The molecule has 7 heteroatoms. The van der Waals surface area contributed by atoms with E-state index in [1.165, 1.54) is 7.11 Å². The molecule has 0 saturated carbocycles. The number of thiocarbonyl (C=S) groups is 1. The molecule has 0 spiro atoms. The van der Waals surface area contributed by atoms with Crippen LogP contribution in [0.1, 0.15) is 33.3 Å². The van der Waals surface area contributed by atoms with E-state index in [2.05, 4.69) is 10.6 Å². The van der Waals surface area contributed by atoms with Gasteiger partial charge in [0.25, 0.3) is 0 Å². The number of carbonyl (C=O) groups excluding carboxylic acids is 2. The molecule has 0 aliphatic carbocycles. The summed E-state index contributed by atoms with van der Waals surface area (Å²) >= 11 is 5.31. The van der Waals surface area contributed by atoms with Crippen LogP contribution in [0.15, 0.2) is 30.3 Å². The van der Waals surface area contributed by atoms with Gasteiger partial charge in [-0.05, 0) is 33.3 Å². The number of amides is 1. The van der Waals surface area contributed by atoms with Crippen LogP contribution < -0.4 is 10.6 Å². The third-order valence-corrected chi connectivity index (χ3v) is 3.93. The molecular formula is C17H24N2O4S. The highest BCUT2D eigenvalue weighted by Gasteiger charge is 2.35. The zero-order valence-corrected chi connectivity index (χ0v) is 15.5. The average molecular weight is 352 g/mol. The van der Waals surface area contributed by atoms with E-state index in [0.717, 1.165) is 5.56 Å². The quantitative estimate of drug-likeness (QED) is 0.605. The van der Waals surface area contributed by atoms with E-state index in [-0.39, 0.29) is 6.61 Å². The van der Waals surface area contributed by atoms with Gasteiger partial charge in [-0.2, -0.15) is 0 Å². The molecule has 1 amide bonds. The van der Waals surface area contributed by atoms with Crippen molar-refractivity contribution in [3.8, 4) is 0 Å². The second-order valence-corrected chi connectivity index (χ2v) is 6.79. The Balaban J connectivity index is 2.59. The second-order valence-electron chi connectivity index (χ2n) is 6.38. The number of hydrogen-bond acceptors (Lipinski definition) is 5. The van der Waals surface area contributed by atoms with Gasteiger partial charge in [0, 0.05) is 0 Å². The lowest BCUT2D eigenvalue weighted by Gasteiger charge is -2.33. The summed E-state index contributed by atoms with van der Waals surface area (Å²) in [6, 6.07) is 9.36. The Morgan fingerprint density at radius 1 is 1.04 bits per heavy atom. The molecular weight excluding hydrogens is 328 g/mol. The first-order chi connectivity index (χ1) is 11.1. The number of rotatable bonds is 6. The summed E-state index contributed by atoms with van der Waals surface area (Å²) in [5, 5.41) is 5.60. The second kappa shape index (κ2) is 8.10. The maximum absolute atomic E-state index is 12.0. The van der Waals surface area contributed by atoms with Crippen molar-refractivity contribution in [3.05, 3.63) is 35.9 Å². The molecule has 0 saturated heterocycles. The number of methoxy groups -OCH3 is 1. The van der Waals surface area contributed by atoms with Crippen LogP contribution in [0.3, 0.4) is 0 Å². The number of ether oxygens (including phenoxy) is 2. The predicted molar refractivity (Wildman–Crippen MR) is 95.7 cm³/mol. The SMILES string of the molecule is COC(=O)C(C)(C)NC(=S)C(C)(C)NC(=O)OCc1ccccc1. The maximum Gasteiger partial charge on any atom is 0.408 e. The molecule has 0 aliphatic rings. The molecule has 0 radical (unpaired) electrons. The van der Waals surface area contributed by atoms with Gasteiger partial charge in [0.05, 0.1) is 12.6 Å². The van der Waals surface area contributed by atoms with E-state index in [4.69, 9.17) is 21.7 Å². The molecule has 0 aliphatic heterocycles. The summed E-state index contributed by atoms with van der Waals surface area (Å²) in [4.78, 5) is 24.0. The highest BCUT2D eigenvalue weighted by atomic mass is 32.1. The summed E-state index contributed by atoms with van der Waals surface area (Å²) in [6.45, 7) is 6.90. The summed E-state index contributed by atoms with van der Waals surface area (Å²) in [5.41, 5.74) is -1.01. The molecule has 2 N–H and O–H groups in total. The number of esters is 1. The topological polar surface area (TPSA) is 76.7 Å². The highest BCUT2D eigenvalue weighted by molar-refractivity contribution is 7.80. The third-order valence-electron chi connectivity index (χ3n) is 3.32. The van der Waals surface area contributed by atoms with Crippen LogP contribution in [0, 0.1) is 0 Å². The standard InChI is InChI=1S/C17H24N2O4S/c1-16(2,13(24)18-17(3,4)14(20)22-5)19-15(21)23-11-12-9-7-6-8-10-12/h6-10H,11H2,1-5H3,(H,18,24)(H,19,21). The molecule has 0 aromatic heterocycles. The molecule has 0 unspecified atom stereocenters. The van der Waals surface area contributed by atoms with Crippen molar-refractivity contribution in [1.82, 2.24) is 10.6 Å². The van der Waals surface area contributed by atoms with Gasteiger partial charge in [0.2, 0.25) is 0 Å². The first-order valence-electron chi connectivity index (χ1n) is 7.48. The van der Waals surface area contributed by atoms with Gasteiger partial charge in [0.15, 0.2) is 0 Å². The molecule has 1 rings (SSSR count). The number of benzene rings is 1. The molecule has 132 valence electrons. The summed E-state index contributed by atoms with van der Waals surface area (Å²) in [5.74, 6) is -0.452. The third kappa shape index (κ3) is 5.81. The zero-order valence-electron chi connectivity index (χ0n) is 14.6. The monoisotopic (exact) mass is 352 g/mol. The fourth-order valence-corrected chi connectivity index (χ4v) is 2.12. The van der Waals surface area contributed by atoms with Crippen LogP contribution in [-0.4, -0.2) is 35.2 Å². The molecule has 1 aromatic rings. The Hall–Kier alpha value is -2.15. The molecule has 0 fully saturated rings. The van der Waals surface area contributed by atoms with Crippen LogP contribution >= 0.6 is 12.2 Å². The number of carbonyl (C=O) groups is 2. The molecule has 6 nitrogen and oxygen atoms in total. The Kier molecular flexibility index (Phi) is 6.71. The van der Waals surface area contributed by atoms with Gasteiger partial charge >= 0.3 is 12.1 Å². The Morgan fingerprint density at radius 3 is 2.17 bits per heavy atom. The van der Waals surface area contributed by atoms with Gasteiger partial charge in [-0.25, -0.2) is 9.59 Å². The first-order valence-corrected chi connectivity index (χ1v) is 7.89. The van der Waals surface area contributed by atoms with Crippen molar-refractivity contribution in [1.29, 1.82) is 0 Å². The van der Waals surface area contributed by atoms with E-state index in [9.17, 15) is 9.59 Å². The van der Waals surface area contributed by atoms with Crippen molar-refractivity contribution in [2.75, 3.05) is 7.11 Å². The molecule has 1 aromatic carbocycles. The van der Waals surface area contributed by atoms with Crippen LogP contribution in [0.25, 0.3) is 0 Å². The van der Waals surface area contributed by atoms with Gasteiger partial charge in [-0.15, -0.1) is 0 Å². The van der Waals surface area contributed by atoms with E-state index in [1.807, 2.05) is 30.3 Å². The lowest BCUT2D eigenvalue weighted by atomic mass is 10.0. The average Bonchev–Trinajstić information content (AvgIpc) is 2.52. The summed E-state index contributed by atoms with van der Waals surface area (Å²) in [7, 11) is 1.30. The normalized spacial score (nSPS) is 11.4. The Labute approximate surface area is 147 Å². The zero-order chi connectivity index (χ0) is 18.4. The fourth-order valence-electron chi connectivity index (χ4n) is 1.82. The Morgan fingerprint density at radius 2 is 1.62 bits per heavy atom. The van der Waals surface area contributed by atoms with E-state index in [1.54, 1.807) is 27.7 Å². The van der Waals surface area contributed by atoms with Gasteiger partial charge in [-0.1, -0.05) is 42.5 Å². The van der Waals surface area contributed by atoms with Crippen molar-refractivity contribution < 1.29 is 19.1 Å². The largest absolute Gasteiger partial charge is 0.467 e. The predicted octanol–water partition coefficient (Wildman–Crippen LogP) is 2.56. The van der Waals surface area contributed by atoms with Crippen molar-refractivity contribution in [3.63, 3.8) is 0 Å². The van der Waals surface area contributed by atoms with Crippen molar-refractivity contribution in [2.24, 2.45) is 0 Å². The summed E-state index contributed by atoms with van der Waals surface area (Å²) in [6.07, 6.45) is -0.594. The van der Waals surface area contributed by atoms with Crippen molar-refractivity contribution >= 4 is 29.3 Å². The number of nitrogens with one attached hydrogen (secondary N) is 2. The summed E-state index contributed by atoms with van der Waals surface area (Å²) < 4.78 is 9.91. The van der Waals surface area contributed by atoms with Crippen molar-refractivity contribution in [2.45, 2.75) is 45.4 Å². The van der Waals surface area contributed by atoms with Crippen LogP contribution in [0.4, 0.5) is 4.79 Å². The van der Waals surface area contributed by atoms with Gasteiger partial charge in [-0.3, -0.25) is 0 Å². The van der Waals surface area contributed by atoms with E-state index < -0.39 is 23.1 Å². The van der Waals surface area contributed by atoms with E-state index in [0.29, 0.717) is 4.99 Å². The van der Waals surface area contributed by atoms with Gasteiger partial charge in [0.1, 0.15) is 17.1 Å². The Bertz CT molecular complexity index is 600. The minimum atomic E-state index is -1.00. The molecule has 0 heterocycles. The molecule has 0 atom stereocenters. The van der Waals surface area contributed by atoms with Crippen LogP contribution in [0.2, 0.25) is 0 Å².